The molecular formula is C11H21N5O2S. The van der Waals surface area contributed by atoms with E-state index in [9.17, 15) is 8.42 Å². The predicted molar refractivity (Wildman–Crippen MR) is 72.3 cm³/mol. The molecule has 0 aliphatic carbocycles. The maximum Gasteiger partial charge on any atom is 0.243 e. The first-order chi connectivity index (χ1) is 9.08. The summed E-state index contributed by atoms with van der Waals surface area (Å²) in [7, 11) is -1.28. The Balaban J connectivity index is 1.67. The fraction of sp³-hybridized carbons (Fsp3) is 0.727. The number of H-pyrrole nitrogens is 1. The molecule has 0 spiro atoms. The van der Waals surface area contributed by atoms with Crippen LogP contribution in [-0.4, -0.2) is 74.7 Å². The zero-order valence-electron chi connectivity index (χ0n) is 11.2. The van der Waals surface area contributed by atoms with Gasteiger partial charge in [-0.1, -0.05) is 0 Å². The van der Waals surface area contributed by atoms with Crippen molar-refractivity contribution in [3.05, 3.63) is 12.4 Å². The molecule has 1 aromatic heterocycles. The average Bonchev–Trinajstić information content (AvgIpc) is 2.91. The lowest BCUT2D eigenvalue weighted by Crippen LogP contribution is -2.45. The van der Waals surface area contributed by atoms with Gasteiger partial charge in [0.1, 0.15) is 4.90 Å². The van der Waals surface area contributed by atoms with E-state index in [1.165, 1.54) is 12.4 Å². The molecule has 0 aromatic carbocycles. The van der Waals surface area contributed by atoms with E-state index in [1.807, 2.05) is 0 Å². The lowest BCUT2D eigenvalue weighted by Gasteiger charge is -2.32. The summed E-state index contributed by atoms with van der Waals surface area (Å²) in [6.07, 6.45) is 3.51. The van der Waals surface area contributed by atoms with Crippen molar-refractivity contribution in [1.29, 1.82) is 0 Å². The molecule has 2 rings (SSSR count). The number of hydrogen-bond acceptors (Lipinski definition) is 5. The Kier molecular flexibility index (Phi) is 4.92. The van der Waals surface area contributed by atoms with E-state index >= 15 is 0 Å². The van der Waals surface area contributed by atoms with Crippen molar-refractivity contribution in [3.63, 3.8) is 0 Å². The van der Waals surface area contributed by atoms with Gasteiger partial charge in [0.05, 0.1) is 6.20 Å². The summed E-state index contributed by atoms with van der Waals surface area (Å²) in [6, 6.07) is 0. The molecule has 7 nitrogen and oxygen atoms in total. The van der Waals surface area contributed by atoms with Gasteiger partial charge in [0.2, 0.25) is 10.0 Å². The topological polar surface area (TPSA) is 81.3 Å². The standard InChI is InChI=1S/C11H21N5O2S/c1-15-5-7-16(8-6-15)4-2-3-14-19(17,18)11-9-12-13-10-11/h9-10,14H,2-8H2,1H3,(H,12,13). The minimum absolute atomic E-state index is 0.187. The average molecular weight is 287 g/mol. The summed E-state index contributed by atoms with van der Waals surface area (Å²) < 4.78 is 26.2. The van der Waals surface area contributed by atoms with Crippen LogP contribution in [0.3, 0.4) is 0 Å². The molecule has 1 aliphatic heterocycles. The highest BCUT2D eigenvalue weighted by Crippen LogP contribution is 2.04. The summed E-state index contributed by atoms with van der Waals surface area (Å²) >= 11 is 0. The number of rotatable bonds is 6. The molecule has 0 unspecified atom stereocenters. The minimum Gasteiger partial charge on any atom is -0.304 e. The molecule has 0 radical (unpaired) electrons. The third-order valence-electron chi connectivity index (χ3n) is 3.32. The van der Waals surface area contributed by atoms with Gasteiger partial charge in [-0.2, -0.15) is 5.10 Å². The summed E-state index contributed by atoms with van der Waals surface area (Å²) in [5, 5.41) is 6.14. The molecule has 8 heteroatoms. The Labute approximate surface area is 114 Å². The Morgan fingerprint density at radius 3 is 2.74 bits per heavy atom. The van der Waals surface area contributed by atoms with Crippen LogP contribution in [0.15, 0.2) is 17.3 Å². The van der Waals surface area contributed by atoms with Gasteiger partial charge in [0.15, 0.2) is 0 Å². The molecular weight excluding hydrogens is 266 g/mol. The fourth-order valence-electron chi connectivity index (χ4n) is 2.05. The smallest absolute Gasteiger partial charge is 0.243 e. The second-order valence-electron chi connectivity index (χ2n) is 4.83. The lowest BCUT2D eigenvalue weighted by atomic mass is 10.3. The highest BCUT2D eigenvalue weighted by Gasteiger charge is 2.15. The Bertz CT molecular complexity index is 465. The van der Waals surface area contributed by atoms with Crippen LogP contribution >= 0.6 is 0 Å². The van der Waals surface area contributed by atoms with Gasteiger partial charge < -0.3 is 9.80 Å². The van der Waals surface area contributed by atoms with Crippen molar-refractivity contribution >= 4 is 10.0 Å². The number of hydrogen-bond donors (Lipinski definition) is 2. The van der Waals surface area contributed by atoms with Crippen LogP contribution in [0, 0.1) is 0 Å². The normalized spacial score (nSPS) is 18.8. The van der Waals surface area contributed by atoms with Crippen molar-refractivity contribution in [2.75, 3.05) is 46.3 Å². The van der Waals surface area contributed by atoms with Crippen LogP contribution < -0.4 is 4.72 Å². The number of likely N-dealkylation sites (N-methyl/N-ethyl adjacent to an activating group) is 1. The third-order valence-corrected chi connectivity index (χ3v) is 4.75. The van der Waals surface area contributed by atoms with E-state index in [0.29, 0.717) is 6.54 Å². The van der Waals surface area contributed by atoms with Crippen molar-refractivity contribution in [1.82, 2.24) is 24.7 Å². The van der Waals surface area contributed by atoms with Gasteiger partial charge >= 0.3 is 0 Å². The van der Waals surface area contributed by atoms with Crippen molar-refractivity contribution in [3.8, 4) is 0 Å². The van der Waals surface area contributed by atoms with E-state index in [2.05, 4.69) is 31.8 Å². The lowest BCUT2D eigenvalue weighted by molar-refractivity contribution is 0.153. The molecule has 19 heavy (non-hydrogen) atoms. The van der Waals surface area contributed by atoms with Crippen LogP contribution in [0.4, 0.5) is 0 Å². The molecule has 0 amide bonds. The largest absolute Gasteiger partial charge is 0.304 e. The monoisotopic (exact) mass is 287 g/mol. The van der Waals surface area contributed by atoms with Crippen LogP contribution in [0.25, 0.3) is 0 Å². The Morgan fingerprint density at radius 2 is 2.11 bits per heavy atom. The molecule has 2 N–H and O–H groups in total. The number of aromatic amines is 1. The maximum absolute atomic E-state index is 11.8. The number of nitrogens with zero attached hydrogens (tertiary/aromatic N) is 3. The van der Waals surface area contributed by atoms with Crippen LogP contribution in [-0.2, 0) is 10.0 Å². The summed E-state index contributed by atoms with van der Waals surface area (Å²) in [5.41, 5.74) is 0. The summed E-state index contributed by atoms with van der Waals surface area (Å²) in [4.78, 5) is 4.86. The second-order valence-corrected chi connectivity index (χ2v) is 6.60. The van der Waals surface area contributed by atoms with Crippen molar-refractivity contribution in [2.45, 2.75) is 11.3 Å². The van der Waals surface area contributed by atoms with E-state index in [0.717, 1.165) is 39.1 Å². The van der Waals surface area contributed by atoms with Crippen molar-refractivity contribution in [2.24, 2.45) is 0 Å². The zero-order valence-corrected chi connectivity index (χ0v) is 12.0. The van der Waals surface area contributed by atoms with Crippen LogP contribution in [0.1, 0.15) is 6.42 Å². The van der Waals surface area contributed by atoms with E-state index in [-0.39, 0.29) is 4.90 Å². The number of piperazine rings is 1. The Hall–Kier alpha value is -0.960. The van der Waals surface area contributed by atoms with Gasteiger partial charge in [0, 0.05) is 38.9 Å². The third kappa shape index (κ3) is 4.27. The fourth-order valence-corrected chi connectivity index (χ4v) is 3.03. The van der Waals surface area contributed by atoms with E-state index < -0.39 is 10.0 Å². The number of aromatic nitrogens is 2. The number of sulfonamides is 1. The van der Waals surface area contributed by atoms with Gasteiger partial charge in [0.25, 0.3) is 0 Å². The molecule has 2 heterocycles. The first-order valence-electron chi connectivity index (χ1n) is 6.47. The maximum atomic E-state index is 11.8. The molecule has 0 atom stereocenters. The number of nitrogens with one attached hydrogen (secondary N) is 2. The van der Waals surface area contributed by atoms with Crippen LogP contribution in [0.5, 0.6) is 0 Å². The molecule has 108 valence electrons. The SMILES string of the molecule is CN1CCN(CCCNS(=O)(=O)c2cn[nH]c2)CC1. The first-order valence-corrected chi connectivity index (χ1v) is 7.95. The van der Waals surface area contributed by atoms with E-state index in [4.69, 9.17) is 0 Å². The predicted octanol–water partition coefficient (Wildman–Crippen LogP) is -0.674. The van der Waals surface area contributed by atoms with Gasteiger partial charge in [-0.25, -0.2) is 13.1 Å². The van der Waals surface area contributed by atoms with E-state index in [1.54, 1.807) is 0 Å². The van der Waals surface area contributed by atoms with Gasteiger partial charge in [-0.05, 0) is 20.0 Å². The summed E-state index contributed by atoms with van der Waals surface area (Å²) in [6.45, 7) is 5.68. The Morgan fingerprint density at radius 1 is 1.37 bits per heavy atom. The van der Waals surface area contributed by atoms with Crippen molar-refractivity contribution < 1.29 is 8.42 Å². The highest BCUT2D eigenvalue weighted by atomic mass is 32.2. The second kappa shape index (κ2) is 6.47. The molecule has 1 saturated heterocycles. The van der Waals surface area contributed by atoms with Gasteiger partial charge in [-0.3, -0.25) is 5.10 Å². The first kappa shape index (κ1) is 14.4. The zero-order chi connectivity index (χ0) is 13.7. The molecule has 1 aliphatic rings. The quantitative estimate of drug-likeness (QED) is 0.678. The molecule has 1 fully saturated rings. The molecule has 0 bridgehead atoms. The highest BCUT2D eigenvalue weighted by molar-refractivity contribution is 7.89. The van der Waals surface area contributed by atoms with Crippen LogP contribution in [0.2, 0.25) is 0 Å². The summed E-state index contributed by atoms with van der Waals surface area (Å²) in [5.74, 6) is 0. The minimum atomic E-state index is -3.40. The molecule has 1 aromatic rings. The van der Waals surface area contributed by atoms with Gasteiger partial charge in [-0.15, -0.1) is 0 Å². The molecule has 0 saturated carbocycles.